The normalized spacial score (nSPS) is 10.8. The third-order valence-corrected chi connectivity index (χ3v) is 5.01. The predicted molar refractivity (Wildman–Crippen MR) is 118 cm³/mol. The van der Waals surface area contributed by atoms with Crippen LogP contribution in [0, 0.1) is 13.8 Å². The lowest BCUT2D eigenvalue weighted by molar-refractivity contribution is 0.0955. The third kappa shape index (κ3) is 5.36. The van der Waals surface area contributed by atoms with Crippen LogP contribution in [0.15, 0.2) is 60.0 Å². The highest BCUT2D eigenvalue weighted by atomic mass is 35.5. The molecule has 0 aliphatic carbocycles. The van der Waals surface area contributed by atoms with E-state index in [1.54, 1.807) is 31.7 Å². The number of carbonyl (C=O) groups is 1. The van der Waals surface area contributed by atoms with Crippen LogP contribution >= 0.6 is 11.6 Å². The van der Waals surface area contributed by atoms with E-state index in [1.807, 2.05) is 44.2 Å². The molecule has 0 bridgehead atoms. The van der Waals surface area contributed by atoms with Gasteiger partial charge in [0.1, 0.15) is 18.1 Å². The largest absolute Gasteiger partial charge is 0.496 e. The number of nitrogens with one attached hydrogen (secondary N) is 1. The Morgan fingerprint density at radius 2 is 1.97 bits per heavy atom. The van der Waals surface area contributed by atoms with Gasteiger partial charge in [0.15, 0.2) is 0 Å². The summed E-state index contributed by atoms with van der Waals surface area (Å²) in [5.41, 5.74) is 6.50. The summed E-state index contributed by atoms with van der Waals surface area (Å²) in [5, 5.41) is 4.76. The number of benzene rings is 2. The highest BCUT2D eigenvalue weighted by Crippen LogP contribution is 2.27. The summed E-state index contributed by atoms with van der Waals surface area (Å²) >= 11 is 6.22. The van der Waals surface area contributed by atoms with Crippen molar-refractivity contribution in [3.8, 4) is 11.5 Å². The number of methoxy groups -OCH3 is 1. The number of aromatic nitrogens is 1. The van der Waals surface area contributed by atoms with Gasteiger partial charge < -0.3 is 9.47 Å². The van der Waals surface area contributed by atoms with Gasteiger partial charge in [-0.25, -0.2) is 5.43 Å². The number of ether oxygens (including phenoxy) is 2. The second-order valence-electron chi connectivity index (χ2n) is 6.67. The van der Waals surface area contributed by atoms with Gasteiger partial charge in [0.2, 0.25) is 0 Å². The lowest BCUT2D eigenvalue weighted by Gasteiger charge is -2.13. The Kier molecular flexibility index (Phi) is 7.03. The summed E-state index contributed by atoms with van der Waals surface area (Å²) < 4.78 is 11.4. The van der Waals surface area contributed by atoms with Crippen LogP contribution < -0.4 is 14.9 Å². The Bertz CT molecular complexity index is 1050. The van der Waals surface area contributed by atoms with Gasteiger partial charge in [-0.3, -0.25) is 9.78 Å². The Morgan fingerprint density at radius 1 is 1.20 bits per heavy atom. The first-order valence-electron chi connectivity index (χ1n) is 9.28. The Labute approximate surface area is 180 Å². The van der Waals surface area contributed by atoms with Gasteiger partial charge in [-0.15, -0.1) is 0 Å². The van der Waals surface area contributed by atoms with Crippen LogP contribution in [0.3, 0.4) is 0 Å². The van der Waals surface area contributed by atoms with Crippen molar-refractivity contribution in [1.82, 2.24) is 10.4 Å². The van der Waals surface area contributed by atoms with Crippen LogP contribution in [0.25, 0.3) is 0 Å². The van der Waals surface area contributed by atoms with Gasteiger partial charge in [0.25, 0.3) is 5.91 Å². The summed E-state index contributed by atoms with van der Waals surface area (Å²) in [6, 6.07) is 12.7. The minimum Gasteiger partial charge on any atom is -0.496 e. The first-order chi connectivity index (χ1) is 14.5. The van der Waals surface area contributed by atoms with Crippen molar-refractivity contribution in [3.63, 3.8) is 0 Å². The molecule has 0 radical (unpaired) electrons. The van der Waals surface area contributed by atoms with Crippen LogP contribution in [0.2, 0.25) is 5.02 Å². The second-order valence-corrected chi connectivity index (χ2v) is 7.05. The smallest absolute Gasteiger partial charge is 0.272 e. The van der Waals surface area contributed by atoms with Crippen molar-refractivity contribution in [1.29, 1.82) is 0 Å². The molecule has 0 unspecified atom stereocenters. The van der Waals surface area contributed by atoms with Gasteiger partial charge in [0, 0.05) is 23.0 Å². The fraction of sp³-hybridized carbons (Fsp3) is 0.174. The quantitative estimate of drug-likeness (QED) is 0.441. The molecule has 1 aromatic heterocycles. The number of hydrogen-bond acceptors (Lipinski definition) is 5. The SMILES string of the molecule is COc1ccc(C=NNC(=O)c2cccnc2)cc1COc1cc(C)c(Cl)c(C)c1. The summed E-state index contributed by atoms with van der Waals surface area (Å²) in [5.74, 6) is 1.11. The molecule has 3 rings (SSSR count). The average Bonchev–Trinajstić information content (AvgIpc) is 2.76. The number of aryl methyl sites for hydroxylation is 2. The van der Waals surface area contributed by atoms with E-state index in [9.17, 15) is 4.79 Å². The fourth-order valence-corrected chi connectivity index (χ4v) is 2.98. The van der Waals surface area contributed by atoms with Gasteiger partial charge >= 0.3 is 0 Å². The van der Waals surface area contributed by atoms with Gasteiger partial charge in [-0.05, 0) is 73.0 Å². The van der Waals surface area contributed by atoms with Gasteiger partial charge in [-0.1, -0.05) is 11.6 Å². The standard InChI is InChI=1S/C23H22ClN3O3/c1-15-9-20(10-16(2)22(15)24)30-14-19-11-17(6-7-21(19)29-3)12-26-27-23(28)18-5-4-8-25-13-18/h4-13H,14H2,1-3H3,(H,27,28). The molecule has 0 saturated carbocycles. The molecule has 0 spiro atoms. The van der Waals surface area contributed by atoms with Crippen LogP contribution in [0.5, 0.6) is 11.5 Å². The van der Waals surface area contributed by atoms with E-state index >= 15 is 0 Å². The Hall–Kier alpha value is -3.38. The molecule has 1 amide bonds. The van der Waals surface area contributed by atoms with Crippen molar-refractivity contribution in [2.45, 2.75) is 20.5 Å². The maximum Gasteiger partial charge on any atom is 0.272 e. The van der Waals surface area contributed by atoms with Crippen molar-refractivity contribution >= 4 is 23.7 Å². The number of rotatable bonds is 7. The molecule has 0 saturated heterocycles. The van der Waals surface area contributed by atoms with Crippen LogP contribution in [-0.4, -0.2) is 24.2 Å². The lowest BCUT2D eigenvalue weighted by Crippen LogP contribution is -2.17. The summed E-state index contributed by atoms with van der Waals surface area (Å²) in [6.07, 6.45) is 4.65. The molecule has 2 aromatic carbocycles. The monoisotopic (exact) mass is 423 g/mol. The summed E-state index contributed by atoms with van der Waals surface area (Å²) in [7, 11) is 1.61. The minimum absolute atomic E-state index is 0.313. The predicted octanol–water partition coefficient (Wildman–Crippen LogP) is 4.70. The van der Waals surface area contributed by atoms with Crippen molar-refractivity contribution < 1.29 is 14.3 Å². The molecule has 0 atom stereocenters. The van der Waals surface area contributed by atoms with E-state index in [1.165, 1.54) is 6.20 Å². The molecule has 6 nitrogen and oxygen atoms in total. The highest BCUT2D eigenvalue weighted by molar-refractivity contribution is 6.32. The van der Waals surface area contributed by atoms with Crippen LogP contribution in [0.4, 0.5) is 0 Å². The van der Waals surface area contributed by atoms with Gasteiger partial charge in [0.05, 0.1) is 18.9 Å². The zero-order valence-electron chi connectivity index (χ0n) is 17.0. The molecule has 0 fully saturated rings. The second kappa shape index (κ2) is 9.89. The highest BCUT2D eigenvalue weighted by Gasteiger charge is 2.08. The molecule has 30 heavy (non-hydrogen) atoms. The number of hydrazone groups is 1. The van der Waals surface area contributed by atoms with Crippen molar-refractivity contribution in [2.24, 2.45) is 5.10 Å². The first kappa shape index (κ1) is 21.3. The number of amides is 1. The summed E-state index contributed by atoms with van der Waals surface area (Å²) in [6.45, 7) is 4.20. The van der Waals surface area contributed by atoms with E-state index in [2.05, 4.69) is 15.5 Å². The zero-order chi connectivity index (χ0) is 21.5. The van der Waals surface area contributed by atoms with Crippen molar-refractivity contribution in [3.05, 3.63) is 87.7 Å². The van der Waals surface area contributed by atoms with E-state index < -0.39 is 0 Å². The van der Waals surface area contributed by atoms with E-state index in [0.29, 0.717) is 17.9 Å². The molecule has 3 aromatic rings. The minimum atomic E-state index is -0.329. The maximum absolute atomic E-state index is 12.0. The molecule has 7 heteroatoms. The maximum atomic E-state index is 12.0. The molecule has 0 aliphatic heterocycles. The van der Waals surface area contributed by atoms with Crippen LogP contribution in [-0.2, 0) is 6.61 Å². The molecule has 1 N–H and O–H groups in total. The Morgan fingerprint density at radius 3 is 2.63 bits per heavy atom. The summed E-state index contributed by atoms with van der Waals surface area (Å²) in [4.78, 5) is 15.9. The third-order valence-electron chi connectivity index (χ3n) is 4.41. The average molecular weight is 424 g/mol. The van der Waals surface area contributed by atoms with E-state index in [0.717, 1.165) is 33.0 Å². The van der Waals surface area contributed by atoms with Gasteiger partial charge in [-0.2, -0.15) is 5.10 Å². The number of pyridine rings is 1. The molecule has 154 valence electrons. The van der Waals surface area contributed by atoms with E-state index in [-0.39, 0.29) is 5.91 Å². The van der Waals surface area contributed by atoms with Crippen LogP contribution in [0.1, 0.15) is 32.6 Å². The topological polar surface area (TPSA) is 72.8 Å². The Balaban J connectivity index is 1.69. The molecular formula is C23H22ClN3O3. The van der Waals surface area contributed by atoms with Crippen molar-refractivity contribution in [2.75, 3.05) is 7.11 Å². The first-order valence-corrected chi connectivity index (χ1v) is 9.65. The number of nitrogens with zero attached hydrogens (tertiary/aromatic N) is 2. The number of carbonyl (C=O) groups excluding carboxylic acids is 1. The van der Waals surface area contributed by atoms with E-state index in [4.69, 9.17) is 21.1 Å². The molecular weight excluding hydrogens is 402 g/mol. The number of hydrogen-bond donors (Lipinski definition) is 1. The number of halogens is 1. The zero-order valence-corrected chi connectivity index (χ0v) is 17.7. The molecule has 1 heterocycles. The fourth-order valence-electron chi connectivity index (χ4n) is 2.87. The lowest BCUT2D eigenvalue weighted by atomic mass is 10.1. The molecule has 0 aliphatic rings.